The number of benzene rings is 1. The zero-order valence-electron chi connectivity index (χ0n) is 12.5. The van der Waals surface area contributed by atoms with Crippen LogP contribution in [-0.4, -0.2) is 27.5 Å². The molecule has 0 spiro atoms. The molecule has 118 valence electrons. The van der Waals surface area contributed by atoms with Crippen molar-refractivity contribution in [3.05, 3.63) is 23.8 Å². The van der Waals surface area contributed by atoms with Gasteiger partial charge in [0.15, 0.2) is 0 Å². The Morgan fingerprint density at radius 2 is 2.00 bits per heavy atom. The Balaban J connectivity index is 3.18. The molecule has 1 aromatic carbocycles. The molecule has 0 fully saturated rings. The van der Waals surface area contributed by atoms with Crippen molar-refractivity contribution in [3.63, 3.8) is 0 Å². The van der Waals surface area contributed by atoms with Crippen LogP contribution in [0.3, 0.4) is 0 Å². The molecule has 0 aromatic heterocycles. The smallest absolute Gasteiger partial charge is 0.261 e. The van der Waals surface area contributed by atoms with Crippen molar-refractivity contribution in [2.75, 3.05) is 7.11 Å². The molecule has 0 aliphatic rings. The molecule has 21 heavy (non-hydrogen) atoms. The zero-order chi connectivity index (χ0) is 16.2. The minimum Gasteiger partial charge on any atom is -0.496 e. The third kappa shape index (κ3) is 4.61. The topological polar surface area (TPSA) is 72.5 Å². The van der Waals surface area contributed by atoms with Gasteiger partial charge in [0.2, 0.25) is 0 Å². The van der Waals surface area contributed by atoms with Crippen LogP contribution in [0.5, 0.6) is 5.75 Å². The van der Waals surface area contributed by atoms with Gasteiger partial charge >= 0.3 is 0 Å². The van der Waals surface area contributed by atoms with Crippen LogP contribution in [-0.2, 0) is 9.05 Å². The second-order valence-corrected chi connectivity index (χ2v) is 7.60. The van der Waals surface area contributed by atoms with Gasteiger partial charge in [-0.3, -0.25) is 4.79 Å². The molecule has 1 rings (SSSR count). The standard InChI is InChI=1S/C14H20ClNO4S/c1-5-12(9(2)3)16-14(17)11-8-10(21(15,18)19)6-7-13(11)20-4/h6-9,12H,5H2,1-4H3,(H,16,17). The summed E-state index contributed by atoms with van der Waals surface area (Å²) >= 11 is 0. The van der Waals surface area contributed by atoms with Gasteiger partial charge in [0.1, 0.15) is 5.75 Å². The maximum atomic E-state index is 12.3. The van der Waals surface area contributed by atoms with E-state index < -0.39 is 9.05 Å². The van der Waals surface area contributed by atoms with E-state index in [1.165, 1.54) is 25.3 Å². The van der Waals surface area contributed by atoms with E-state index in [4.69, 9.17) is 15.4 Å². The predicted octanol–water partition coefficient (Wildman–Crippen LogP) is 2.79. The highest BCUT2D eigenvalue weighted by Crippen LogP contribution is 2.25. The van der Waals surface area contributed by atoms with Crippen LogP contribution < -0.4 is 10.1 Å². The highest BCUT2D eigenvalue weighted by atomic mass is 35.7. The fraction of sp³-hybridized carbons (Fsp3) is 0.500. The second kappa shape index (κ2) is 7.13. The monoisotopic (exact) mass is 333 g/mol. The van der Waals surface area contributed by atoms with Crippen LogP contribution >= 0.6 is 10.7 Å². The van der Waals surface area contributed by atoms with Gasteiger partial charge in [0.05, 0.1) is 17.6 Å². The van der Waals surface area contributed by atoms with Crippen LogP contribution in [0.1, 0.15) is 37.6 Å². The summed E-state index contributed by atoms with van der Waals surface area (Å²) in [6.07, 6.45) is 0.777. The van der Waals surface area contributed by atoms with Crippen molar-refractivity contribution in [1.82, 2.24) is 5.32 Å². The number of hydrogen-bond donors (Lipinski definition) is 1. The fourth-order valence-corrected chi connectivity index (χ4v) is 2.78. The molecule has 0 bridgehead atoms. The first-order valence-electron chi connectivity index (χ1n) is 6.64. The van der Waals surface area contributed by atoms with Crippen LogP contribution in [0.2, 0.25) is 0 Å². The predicted molar refractivity (Wildman–Crippen MR) is 82.4 cm³/mol. The Labute approximate surface area is 130 Å². The van der Waals surface area contributed by atoms with Crippen molar-refractivity contribution in [2.24, 2.45) is 5.92 Å². The van der Waals surface area contributed by atoms with Crippen LogP contribution in [0.15, 0.2) is 23.1 Å². The molecule has 0 saturated carbocycles. The van der Waals surface area contributed by atoms with E-state index in [0.29, 0.717) is 5.75 Å². The Hall–Kier alpha value is -1.27. The minimum absolute atomic E-state index is 0.00142. The SMILES string of the molecule is CCC(NC(=O)c1cc(S(=O)(=O)Cl)ccc1OC)C(C)C. The van der Waals surface area contributed by atoms with Crippen molar-refractivity contribution in [2.45, 2.75) is 38.1 Å². The van der Waals surface area contributed by atoms with Gasteiger partial charge in [0.25, 0.3) is 15.0 Å². The first-order chi connectivity index (χ1) is 9.70. The molecular weight excluding hydrogens is 314 g/mol. The molecule has 0 radical (unpaired) electrons. The van der Waals surface area contributed by atoms with E-state index in [0.717, 1.165) is 6.42 Å². The number of halogens is 1. The van der Waals surface area contributed by atoms with Gasteiger partial charge in [-0.25, -0.2) is 8.42 Å². The molecule has 1 aromatic rings. The van der Waals surface area contributed by atoms with Crippen molar-refractivity contribution >= 4 is 25.6 Å². The lowest BCUT2D eigenvalue weighted by atomic mass is 10.0. The average molecular weight is 334 g/mol. The third-order valence-corrected chi connectivity index (χ3v) is 4.61. The molecule has 0 heterocycles. The van der Waals surface area contributed by atoms with Gasteiger partial charge in [-0.05, 0) is 30.5 Å². The molecule has 5 nitrogen and oxygen atoms in total. The lowest BCUT2D eigenvalue weighted by molar-refractivity contribution is 0.0921. The highest BCUT2D eigenvalue weighted by Gasteiger charge is 2.21. The van der Waals surface area contributed by atoms with Gasteiger partial charge in [-0.2, -0.15) is 0 Å². The Kier molecular flexibility index (Phi) is 6.04. The number of methoxy groups -OCH3 is 1. The lowest BCUT2D eigenvalue weighted by Gasteiger charge is -2.21. The second-order valence-electron chi connectivity index (χ2n) is 5.03. The van der Waals surface area contributed by atoms with E-state index in [1.807, 2.05) is 20.8 Å². The van der Waals surface area contributed by atoms with Crippen molar-refractivity contribution in [1.29, 1.82) is 0 Å². The Morgan fingerprint density at radius 3 is 2.43 bits per heavy atom. The van der Waals surface area contributed by atoms with Crippen LogP contribution in [0, 0.1) is 5.92 Å². The number of hydrogen-bond acceptors (Lipinski definition) is 4. The molecule has 0 aliphatic carbocycles. The first kappa shape index (κ1) is 17.8. The third-order valence-electron chi connectivity index (χ3n) is 3.26. The summed E-state index contributed by atoms with van der Waals surface area (Å²) in [5.41, 5.74) is 0.151. The van der Waals surface area contributed by atoms with Crippen LogP contribution in [0.4, 0.5) is 0 Å². The average Bonchev–Trinajstić information content (AvgIpc) is 2.42. The maximum absolute atomic E-state index is 12.3. The molecule has 0 saturated heterocycles. The molecule has 1 atom stereocenters. The molecule has 0 aliphatic heterocycles. The van der Waals surface area contributed by atoms with Gasteiger partial charge in [-0.15, -0.1) is 0 Å². The molecule has 7 heteroatoms. The number of carbonyl (C=O) groups is 1. The van der Waals surface area contributed by atoms with E-state index in [2.05, 4.69) is 5.32 Å². The summed E-state index contributed by atoms with van der Waals surface area (Å²) in [4.78, 5) is 12.2. The van der Waals surface area contributed by atoms with E-state index in [9.17, 15) is 13.2 Å². The van der Waals surface area contributed by atoms with E-state index in [-0.39, 0.29) is 28.3 Å². The van der Waals surface area contributed by atoms with Crippen LogP contribution in [0.25, 0.3) is 0 Å². The molecule has 1 unspecified atom stereocenters. The molecular formula is C14H20ClNO4S. The number of amides is 1. The fourth-order valence-electron chi connectivity index (χ4n) is 2.00. The van der Waals surface area contributed by atoms with Gasteiger partial charge in [0, 0.05) is 16.7 Å². The molecule has 1 N–H and O–H groups in total. The molecule has 1 amide bonds. The number of rotatable bonds is 6. The highest BCUT2D eigenvalue weighted by molar-refractivity contribution is 8.13. The zero-order valence-corrected chi connectivity index (χ0v) is 14.1. The summed E-state index contributed by atoms with van der Waals surface area (Å²) in [7, 11) is 2.83. The number of nitrogens with one attached hydrogen (secondary N) is 1. The minimum atomic E-state index is -3.90. The van der Waals surface area contributed by atoms with Crippen molar-refractivity contribution < 1.29 is 17.9 Å². The quantitative estimate of drug-likeness (QED) is 0.812. The number of carbonyl (C=O) groups excluding carboxylic acids is 1. The summed E-state index contributed by atoms with van der Waals surface area (Å²) in [6, 6.07) is 3.94. The summed E-state index contributed by atoms with van der Waals surface area (Å²) in [6.45, 7) is 5.98. The summed E-state index contributed by atoms with van der Waals surface area (Å²) in [5.74, 6) is 0.189. The van der Waals surface area contributed by atoms with Gasteiger partial charge < -0.3 is 10.1 Å². The van der Waals surface area contributed by atoms with Gasteiger partial charge in [-0.1, -0.05) is 20.8 Å². The maximum Gasteiger partial charge on any atom is 0.261 e. The first-order valence-corrected chi connectivity index (χ1v) is 8.95. The number of ether oxygens (including phenoxy) is 1. The van der Waals surface area contributed by atoms with E-state index >= 15 is 0 Å². The van der Waals surface area contributed by atoms with Crippen molar-refractivity contribution in [3.8, 4) is 5.75 Å². The Morgan fingerprint density at radius 1 is 1.38 bits per heavy atom. The normalized spacial score (nSPS) is 13.0. The largest absolute Gasteiger partial charge is 0.496 e. The summed E-state index contributed by atoms with van der Waals surface area (Å²) in [5, 5.41) is 2.88. The lowest BCUT2D eigenvalue weighted by Crippen LogP contribution is -2.38. The summed E-state index contributed by atoms with van der Waals surface area (Å²) < 4.78 is 27.9. The Bertz CT molecular complexity index is 613. The van der Waals surface area contributed by atoms with E-state index in [1.54, 1.807) is 0 Å².